The molecule has 0 radical (unpaired) electrons. The fourth-order valence-electron chi connectivity index (χ4n) is 1.89. The molecule has 2 unspecified atom stereocenters. The van der Waals surface area contributed by atoms with Crippen molar-refractivity contribution in [3.63, 3.8) is 0 Å². The van der Waals surface area contributed by atoms with Crippen LogP contribution < -0.4 is 0 Å². The number of rotatable bonds is 0. The van der Waals surface area contributed by atoms with Gasteiger partial charge in [-0.1, -0.05) is 27.2 Å². The number of hydrogen-bond donors (Lipinski definition) is 0. The van der Waals surface area contributed by atoms with E-state index < -0.39 is 0 Å². The molecule has 2 atom stereocenters. The Bertz CT molecular complexity index is 112. The standard InChI is InChI=1S/C9H17Cl/c1-9(2,3)7-5-4-6-8(7)10/h7-8H,4-6H2,1-3H3. The van der Waals surface area contributed by atoms with Crippen molar-refractivity contribution in [2.45, 2.75) is 45.4 Å². The Morgan fingerprint density at radius 2 is 1.80 bits per heavy atom. The summed E-state index contributed by atoms with van der Waals surface area (Å²) >= 11 is 6.16. The Balaban J connectivity index is 2.55. The zero-order valence-corrected chi connectivity index (χ0v) is 7.91. The highest BCUT2D eigenvalue weighted by atomic mass is 35.5. The van der Waals surface area contributed by atoms with Crippen molar-refractivity contribution >= 4 is 11.6 Å². The fourth-order valence-corrected chi connectivity index (χ4v) is 2.55. The lowest BCUT2D eigenvalue weighted by atomic mass is 9.80. The normalized spacial score (nSPS) is 34.8. The zero-order valence-electron chi connectivity index (χ0n) is 7.15. The quantitative estimate of drug-likeness (QED) is 0.477. The third kappa shape index (κ3) is 1.66. The van der Waals surface area contributed by atoms with E-state index in [1.54, 1.807) is 0 Å². The molecule has 1 fully saturated rings. The largest absolute Gasteiger partial charge is 0.123 e. The van der Waals surface area contributed by atoms with Crippen molar-refractivity contribution < 1.29 is 0 Å². The molecule has 0 aliphatic heterocycles. The van der Waals surface area contributed by atoms with E-state index in [0.717, 1.165) is 5.92 Å². The summed E-state index contributed by atoms with van der Waals surface area (Å²) in [6.07, 6.45) is 3.89. The van der Waals surface area contributed by atoms with Crippen LogP contribution in [0.4, 0.5) is 0 Å². The van der Waals surface area contributed by atoms with Crippen molar-refractivity contribution in [3.8, 4) is 0 Å². The van der Waals surface area contributed by atoms with Crippen LogP contribution in [0, 0.1) is 11.3 Å². The molecule has 0 N–H and O–H groups in total. The van der Waals surface area contributed by atoms with Gasteiger partial charge in [0.15, 0.2) is 0 Å². The number of hydrogen-bond acceptors (Lipinski definition) is 0. The molecule has 0 nitrogen and oxygen atoms in total. The number of halogens is 1. The predicted molar refractivity (Wildman–Crippen MR) is 46.4 cm³/mol. The summed E-state index contributed by atoms with van der Waals surface area (Å²) in [5.74, 6) is 0.745. The molecule has 0 amide bonds. The summed E-state index contributed by atoms with van der Waals surface area (Å²) < 4.78 is 0. The molecule has 1 heteroatoms. The minimum atomic E-state index is 0.420. The van der Waals surface area contributed by atoms with Gasteiger partial charge in [0.05, 0.1) is 0 Å². The Hall–Kier alpha value is 0.290. The van der Waals surface area contributed by atoms with Gasteiger partial charge >= 0.3 is 0 Å². The van der Waals surface area contributed by atoms with Gasteiger partial charge in [-0.3, -0.25) is 0 Å². The lowest BCUT2D eigenvalue weighted by Gasteiger charge is -2.29. The third-order valence-corrected chi connectivity index (χ3v) is 3.07. The smallest absolute Gasteiger partial charge is 0.0369 e. The highest BCUT2D eigenvalue weighted by Crippen LogP contribution is 2.41. The lowest BCUT2D eigenvalue weighted by Crippen LogP contribution is -2.24. The van der Waals surface area contributed by atoms with Crippen molar-refractivity contribution in [1.29, 1.82) is 0 Å². The minimum absolute atomic E-state index is 0.420. The topological polar surface area (TPSA) is 0 Å². The van der Waals surface area contributed by atoms with Gasteiger partial charge in [0, 0.05) is 5.38 Å². The number of alkyl halides is 1. The molecule has 0 saturated heterocycles. The maximum Gasteiger partial charge on any atom is 0.0369 e. The Labute approximate surface area is 69.0 Å². The molecule has 1 saturated carbocycles. The highest BCUT2D eigenvalue weighted by molar-refractivity contribution is 6.21. The molecule has 10 heavy (non-hydrogen) atoms. The van der Waals surface area contributed by atoms with Crippen LogP contribution in [0.5, 0.6) is 0 Å². The van der Waals surface area contributed by atoms with E-state index in [1.165, 1.54) is 19.3 Å². The SMILES string of the molecule is CC(C)(C)C1CCCC1Cl. The zero-order chi connectivity index (χ0) is 7.78. The second kappa shape index (κ2) is 2.73. The van der Waals surface area contributed by atoms with Gasteiger partial charge in [0.2, 0.25) is 0 Å². The van der Waals surface area contributed by atoms with Crippen molar-refractivity contribution in [2.24, 2.45) is 11.3 Å². The molecule has 0 spiro atoms. The van der Waals surface area contributed by atoms with Crippen LogP contribution in [0.25, 0.3) is 0 Å². The summed E-state index contributed by atoms with van der Waals surface area (Å²) in [5, 5.41) is 0.444. The van der Waals surface area contributed by atoms with Crippen LogP contribution in [0.2, 0.25) is 0 Å². The van der Waals surface area contributed by atoms with Gasteiger partial charge in [-0.05, 0) is 24.2 Å². The summed E-state index contributed by atoms with van der Waals surface area (Å²) in [6, 6.07) is 0. The van der Waals surface area contributed by atoms with Gasteiger partial charge in [-0.25, -0.2) is 0 Å². The van der Waals surface area contributed by atoms with Gasteiger partial charge in [0.1, 0.15) is 0 Å². The highest BCUT2D eigenvalue weighted by Gasteiger charge is 2.34. The summed E-state index contributed by atoms with van der Waals surface area (Å²) in [4.78, 5) is 0. The van der Waals surface area contributed by atoms with E-state index in [4.69, 9.17) is 11.6 Å². The summed E-state index contributed by atoms with van der Waals surface area (Å²) in [7, 11) is 0. The van der Waals surface area contributed by atoms with Crippen molar-refractivity contribution in [2.75, 3.05) is 0 Å². The Kier molecular flexibility index (Phi) is 2.29. The van der Waals surface area contributed by atoms with E-state index >= 15 is 0 Å². The maximum atomic E-state index is 6.16. The second-order valence-corrected chi connectivity index (χ2v) is 4.98. The van der Waals surface area contributed by atoms with Crippen LogP contribution in [-0.2, 0) is 0 Å². The molecular weight excluding hydrogens is 144 g/mol. The molecule has 60 valence electrons. The second-order valence-electron chi connectivity index (χ2n) is 4.42. The molecule has 1 rings (SSSR count). The molecule has 1 aliphatic carbocycles. The average molecular weight is 161 g/mol. The Morgan fingerprint density at radius 1 is 1.20 bits per heavy atom. The summed E-state index contributed by atoms with van der Waals surface area (Å²) in [5.41, 5.74) is 0.420. The first kappa shape index (κ1) is 8.39. The fraction of sp³-hybridized carbons (Fsp3) is 1.00. The minimum Gasteiger partial charge on any atom is -0.123 e. The lowest BCUT2D eigenvalue weighted by molar-refractivity contribution is 0.250. The van der Waals surface area contributed by atoms with Gasteiger partial charge < -0.3 is 0 Å². The molecule has 0 heterocycles. The molecule has 0 aromatic heterocycles. The van der Waals surface area contributed by atoms with Crippen LogP contribution in [-0.4, -0.2) is 5.38 Å². The first-order valence-electron chi connectivity index (χ1n) is 4.16. The van der Waals surface area contributed by atoms with E-state index in [0.29, 0.717) is 10.8 Å². The van der Waals surface area contributed by atoms with Gasteiger partial charge in [0.25, 0.3) is 0 Å². The van der Waals surface area contributed by atoms with E-state index in [1.807, 2.05) is 0 Å². The van der Waals surface area contributed by atoms with Crippen LogP contribution in [0.1, 0.15) is 40.0 Å². The molecular formula is C9H17Cl. The molecule has 0 aromatic rings. The van der Waals surface area contributed by atoms with Gasteiger partial charge in [-0.15, -0.1) is 11.6 Å². The van der Waals surface area contributed by atoms with Gasteiger partial charge in [-0.2, -0.15) is 0 Å². The molecule has 1 aliphatic rings. The predicted octanol–water partition coefficient (Wildman–Crippen LogP) is 3.44. The maximum absolute atomic E-state index is 6.16. The third-order valence-electron chi connectivity index (χ3n) is 2.54. The van der Waals surface area contributed by atoms with Crippen LogP contribution in [0.3, 0.4) is 0 Å². The van der Waals surface area contributed by atoms with Crippen molar-refractivity contribution in [1.82, 2.24) is 0 Å². The van der Waals surface area contributed by atoms with Crippen LogP contribution in [0.15, 0.2) is 0 Å². The van der Waals surface area contributed by atoms with E-state index in [9.17, 15) is 0 Å². The first-order chi connectivity index (χ1) is 4.52. The molecule has 0 aromatic carbocycles. The van der Waals surface area contributed by atoms with E-state index in [-0.39, 0.29) is 0 Å². The van der Waals surface area contributed by atoms with Crippen molar-refractivity contribution in [3.05, 3.63) is 0 Å². The molecule has 0 bridgehead atoms. The van der Waals surface area contributed by atoms with E-state index in [2.05, 4.69) is 20.8 Å². The average Bonchev–Trinajstić information content (AvgIpc) is 2.11. The summed E-state index contributed by atoms with van der Waals surface area (Å²) in [6.45, 7) is 6.87. The first-order valence-corrected chi connectivity index (χ1v) is 4.59. The monoisotopic (exact) mass is 160 g/mol. The Morgan fingerprint density at radius 3 is 2.00 bits per heavy atom. The van der Waals surface area contributed by atoms with Crippen LogP contribution >= 0.6 is 11.6 Å².